The van der Waals surface area contributed by atoms with Gasteiger partial charge in [-0.15, -0.1) is 0 Å². The molecule has 9 heteroatoms. The van der Waals surface area contributed by atoms with E-state index in [1.807, 2.05) is 24.3 Å². The van der Waals surface area contributed by atoms with Crippen molar-refractivity contribution in [3.05, 3.63) is 97.1 Å². The van der Waals surface area contributed by atoms with Crippen LogP contribution in [0, 0.1) is 0 Å². The number of amides is 4. The molecule has 0 saturated carbocycles. The largest absolute Gasteiger partial charge is 0.274 e. The smallest absolute Gasteiger partial charge is 0.230 e. The van der Waals surface area contributed by atoms with Crippen LogP contribution in [0.3, 0.4) is 0 Å². The Balaban J connectivity index is 1.33. The maximum Gasteiger partial charge on any atom is 0.230 e. The normalized spacial score (nSPS) is 10.6. The van der Waals surface area contributed by atoms with Gasteiger partial charge in [0, 0.05) is 57.1 Å². The Morgan fingerprint density at radius 2 is 0.537 bits per heavy atom. The number of anilines is 2. The average Bonchev–Trinajstić information content (AvgIpc) is 2.92. The van der Waals surface area contributed by atoms with Gasteiger partial charge in [0.2, 0.25) is 23.6 Å². The monoisotopic (exact) mass is 600 g/mol. The number of rotatable bonds is 8. The van der Waals surface area contributed by atoms with Crippen LogP contribution in [0.2, 0.25) is 0 Å². The fourth-order valence-corrected chi connectivity index (χ4v) is 6.51. The standard InChI is InChI=1S/C32H28N2O4S3/c1-21(35)33(22(2)36)25-5-9-27(10-6-25)39-29-13-17-31(18-14-29)41-32-19-15-30(16-20-32)40-28-11-7-26(8-12-28)34(23(3)37)24(4)38/h5-20H,1-4H3. The highest BCUT2D eigenvalue weighted by Gasteiger charge is 2.17. The van der Waals surface area contributed by atoms with Gasteiger partial charge in [-0.3, -0.25) is 29.0 Å². The van der Waals surface area contributed by atoms with Gasteiger partial charge in [0.1, 0.15) is 0 Å². The number of hydrogen-bond donors (Lipinski definition) is 0. The molecular weight excluding hydrogens is 573 g/mol. The topological polar surface area (TPSA) is 74.8 Å². The molecule has 6 nitrogen and oxygen atoms in total. The van der Waals surface area contributed by atoms with Crippen molar-refractivity contribution in [1.29, 1.82) is 0 Å². The number of carbonyl (C=O) groups is 4. The Kier molecular flexibility index (Phi) is 10.1. The van der Waals surface area contributed by atoms with Crippen molar-refractivity contribution in [2.24, 2.45) is 0 Å². The highest BCUT2D eigenvalue weighted by atomic mass is 32.2. The molecule has 208 valence electrons. The maximum absolute atomic E-state index is 11.8. The molecule has 0 aliphatic heterocycles. The molecular formula is C32H28N2O4S3. The summed E-state index contributed by atoms with van der Waals surface area (Å²) in [5.41, 5.74) is 1.13. The Morgan fingerprint density at radius 1 is 0.366 bits per heavy atom. The van der Waals surface area contributed by atoms with Crippen LogP contribution < -0.4 is 9.80 Å². The Bertz CT molecular complexity index is 1410. The summed E-state index contributed by atoms with van der Waals surface area (Å²) in [7, 11) is 0. The summed E-state index contributed by atoms with van der Waals surface area (Å²) in [5, 5.41) is 0. The van der Waals surface area contributed by atoms with Crippen LogP contribution in [0.5, 0.6) is 0 Å². The predicted octanol–water partition coefficient (Wildman–Crippen LogP) is 7.94. The Hall–Kier alpha value is -3.79. The van der Waals surface area contributed by atoms with Crippen molar-refractivity contribution in [3.8, 4) is 0 Å². The van der Waals surface area contributed by atoms with Crippen LogP contribution in [0.4, 0.5) is 11.4 Å². The molecule has 0 bridgehead atoms. The molecule has 0 radical (unpaired) electrons. The highest BCUT2D eigenvalue weighted by molar-refractivity contribution is 8.00. The van der Waals surface area contributed by atoms with E-state index in [1.54, 1.807) is 59.6 Å². The molecule has 0 aliphatic rings. The number of nitrogens with zero attached hydrogens (tertiary/aromatic N) is 2. The van der Waals surface area contributed by atoms with E-state index in [2.05, 4.69) is 48.5 Å². The van der Waals surface area contributed by atoms with Gasteiger partial charge >= 0.3 is 0 Å². The molecule has 0 spiro atoms. The van der Waals surface area contributed by atoms with E-state index in [0.29, 0.717) is 11.4 Å². The molecule has 4 rings (SSSR count). The quantitative estimate of drug-likeness (QED) is 0.203. The van der Waals surface area contributed by atoms with Gasteiger partial charge in [0.05, 0.1) is 11.4 Å². The van der Waals surface area contributed by atoms with E-state index >= 15 is 0 Å². The summed E-state index contributed by atoms with van der Waals surface area (Å²) >= 11 is 4.90. The van der Waals surface area contributed by atoms with Crippen molar-refractivity contribution in [3.63, 3.8) is 0 Å². The zero-order chi connectivity index (χ0) is 29.5. The van der Waals surface area contributed by atoms with Crippen LogP contribution in [-0.2, 0) is 19.2 Å². The lowest BCUT2D eigenvalue weighted by Crippen LogP contribution is -2.32. The molecule has 0 N–H and O–H groups in total. The summed E-state index contributed by atoms with van der Waals surface area (Å²) in [6, 6.07) is 31.4. The summed E-state index contributed by atoms with van der Waals surface area (Å²) in [6.45, 7) is 5.51. The number of benzene rings is 4. The van der Waals surface area contributed by atoms with Gasteiger partial charge in [-0.05, 0) is 97.1 Å². The SMILES string of the molecule is CC(=O)N(C(C)=O)c1ccc(Sc2ccc(Sc3ccc(Sc4ccc(N(C(C)=O)C(C)=O)cc4)cc3)cc2)cc1. The second-order valence-electron chi connectivity index (χ2n) is 8.98. The van der Waals surface area contributed by atoms with Crippen LogP contribution in [-0.4, -0.2) is 23.6 Å². The first-order valence-corrected chi connectivity index (χ1v) is 15.1. The van der Waals surface area contributed by atoms with E-state index in [1.165, 1.54) is 27.7 Å². The first kappa shape index (κ1) is 30.2. The van der Waals surface area contributed by atoms with Gasteiger partial charge in [0.25, 0.3) is 0 Å². The van der Waals surface area contributed by atoms with E-state index in [-0.39, 0.29) is 23.6 Å². The van der Waals surface area contributed by atoms with Crippen molar-refractivity contribution in [2.75, 3.05) is 9.80 Å². The van der Waals surface area contributed by atoms with Crippen LogP contribution in [0.25, 0.3) is 0 Å². The number of hydrogen-bond acceptors (Lipinski definition) is 7. The lowest BCUT2D eigenvalue weighted by atomic mass is 10.3. The van der Waals surface area contributed by atoms with Crippen LogP contribution >= 0.6 is 35.3 Å². The minimum Gasteiger partial charge on any atom is -0.274 e. The Labute approximate surface area is 252 Å². The predicted molar refractivity (Wildman–Crippen MR) is 166 cm³/mol. The zero-order valence-corrected chi connectivity index (χ0v) is 25.4. The van der Waals surface area contributed by atoms with Crippen molar-refractivity contribution < 1.29 is 19.2 Å². The summed E-state index contributed by atoms with van der Waals surface area (Å²) < 4.78 is 0. The second-order valence-corrected chi connectivity index (χ2v) is 12.4. The molecule has 41 heavy (non-hydrogen) atoms. The lowest BCUT2D eigenvalue weighted by molar-refractivity contribution is -0.125. The molecule has 0 heterocycles. The third kappa shape index (κ3) is 8.13. The van der Waals surface area contributed by atoms with E-state index < -0.39 is 0 Å². The van der Waals surface area contributed by atoms with E-state index in [9.17, 15) is 19.2 Å². The molecule has 0 aromatic heterocycles. The number of carbonyl (C=O) groups excluding carboxylic acids is 4. The molecule has 0 aliphatic carbocycles. The van der Waals surface area contributed by atoms with Crippen LogP contribution in [0.1, 0.15) is 27.7 Å². The molecule has 0 unspecified atom stereocenters. The lowest BCUT2D eigenvalue weighted by Gasteiger charge is -2.17. The van der Waals surface area contributed by atoms with Crippen molar-refractivity contribution in [2.45, 2.75) is 57.1 Å². The fraction of sp³-hybridized carbons (Fsp3) is 0.125. The average molecular weight is 601 g/mol. The van der Waals surface area contributed by atoms with Gasteiger partial charge in [-0.25, -0.2) is 0 Å². The highest BCUT2D eigenvalue weighted by Crippen LogP contribution is 2.35. The second kappa shape index (κ2) is 13.7. The summed E-state index contributed by atoms with van der Waals surface area (Å²) in [4.78, 5) is 55.8. The Morgan fingerprint density at radius 3 is 0.707 bits per heavy atom. The molecule has 4 aromatic carbocycles. The molecule has 0 saturated heterocycles. The van der Waals surface area contributed by atoms with E-state index in [0.717, 1.165) is 39.2 Å². The van der Waals surface area contributed by atoms with Crippen molar-refractivity contribution >= 4 is 70.3 Å². The minimum absolute atomic E-state index is 0.306. The van der Waals surface area contributed by atoms with Gasteiger partial charge in [0.15, 0.2) is 0 Å². The zero-order valence-electron chi connectivity index (χ0n) is 23.0. The molecule has 0 fully saturated rings. The molecule has 4 amide bonds. The van der Waals surface area contributed by atoms with Crippen LogP contribution in [0.15, 0.2) is 126 Å². The summed E-state index contributed by atoms with van der Waals surface area (Å²) in [6.07, 6.45) is 0. The first-order valence-electron chi connectivity index (χ1n) is 12.7. The first-order chi connectivity index (χ1) is 19.6. The van der Waals surface area contributed by atoms with Crippen molar-refractivity contribution in [1.82, 2.24) is 0 Å². The maximum atomic E-state index is 11.8. The molecule has 0 atom stereocenters. The van der Waals surface area contributed by atoms with Gasteiger partial charge in [-0.2, -0.15) is 0 Å². The summed E-state index contributed by atoms with van der Waals surface area (Å²) in [5.74, 6) is -1.22. The fourth-order valence-electron chi connectivity index (χ4n) is 4.06. The minimum atomic E-state index is -0.306. The van der Waals surface area contributed by atoms with Gasteiger partial charge < -0.3 is 0 Å². The third-order valence-corrected chi connectivity index (χ3v) is 8.85. The van der Waals surface area contributed by atoms with E-state index in [4.69, 9.17) is 0 Å². The van der Waals surface area contributed by atoms with Gasteiger partial charge in [-0.1, -0.05) is 35.3 Å². The number of imide groups is 2. The molecule has 4 aromatic rings. The third-order valence-electron chi connectivity index (χ3n) is 5.80.